The molecule has 38 heavy (non-hydrogen) atoms. The third kappa shape index (κ3) is 5.60. The first-order valence-electron chi connectivity index (χ1n) is 12.7. The summed E-state index contributed by atoms with van der Waals surface area (Å²) < 4.78 is 36.4. The van der Waals surface area contributed by atoms with E-state index >= 15 is 0 Å². The summed E-state index contributed by atoms with van der Waals surface area (Å²) >= 11 is 0. The number of hydrogen-bond donors (Lipinski definition) is 2. The number of nitrogens with one attached hydrogen (secondary N) is 2. The Hall–Kier alpha value is -4.05. The quantitative estimate of drug-likeness (QED) is 0.299. The fourth-order valence-electron chi connectivity index (χ4n) is 4.58. The molecule has 4 aromatic rings. The molecule has 2 aromatic carbocycles. The zero-order valence-corrected chi connectivity index (χ0v) is 21.6. The Kier molecular flexibility index (Phi) is 7.24. The molecule has 1 fully saturated rings. The van der Waals surface area contributed by atoms with Crippen LogP contribution in [-0.2, 0) is 11.8 Å². The van der Waals surface area contributed by atoms with Crippen molar-refractivity contribution in [1.29, 1.82) is 0 Å². The number of amides is 1. The van der Waals surface area contributed by atoms with Gasteiger partial charge in [0.25, 0.3) is 0 Å². The fourth-order valence-corrected chi connectivity index (χ4v) is 4.58. The van der Waals surface area contributed by atoms with Crippen LogP contribution in [0.2, 0.25) is 0 Å². The highest BCUT2D eigenvalue weighted by Crippen LogP contribution is 2.31. The van der Waals surface area contributed by atoms with E-state index in [0.717, 1.165) is 37.5 Å². The van der Waals surface area contributed by atoms with Crippen molar-refractivity contribution in [2.75, 3.05) is 30.3 Å². The van der Waals surface area contributed by atoms with Crippen LogP contribution in [0.15, 0.2) is 48.7 Å². The van der Waals surface area contributed by atoms with Gasteiger partial charge in [0.15, 0.2) is 0 Å². The van der Waals surface area contributed by atoms with Crippen molar-refractivity contribution in [3.05, 3.63) is 65.9 Å². The van der Waals surface area contributed by atoms with Gasteiger partial charge in [-0.1, -0.05) is 13.8 Å². The number of halogens is 2. The Morgan fingerprint density at radius 2 is 1.82 bits per heavy atom. The Morgan fingerprint density at radius 1 is 1.05 bits per heavy atom. The lowest BCUT2D eigenvalue weighted by Gasteiger charge is -2.14. The van der Waals surface area contributed by atoms with Crippen LogP contribution in [0.25, 0.3) is 11.0 Å². The number of rotatable bonds is 8. The van der Waals surface area contributed by atoms with Crippen molar-refractivity contribution >= 4 is 34.4 Å². The van der Waals surface area contributed by atoms with Gasteiger partial charge in [-0.2, -0.15) is 0 Å². The summed E-state index contributed by atoms with van der Waals surface area (Å²) in [6, 6.07) is 11.2. The summed E-state index contributed by atoms with van der Waals surface area (Å²) in [7, 11) is 1.81. The molecule has 1 amide bonds. The number of anilines is 3. The minimum atomic E-state index is -0.691. The van der Waals surface area contributed by atoms with Crippen molar-refractivity contribution in [1.82, 2.24) is 19.4 Å². The van der Waals surface area contributed by atoms with Crippen molar-refractivity contribution in [2.45, 2.75) is 32.6 Å². The van der Waals surface area contributed by atoms with Crippen LogP contribution in [-0.4, -0.2) is 45.0 Å². The largest absolute Gasteiger partial charge is 0.457 e. The van der Waals surface area contributed by atoms with E-state index in [1.807, 2.05) is 27.0 Å². The lowest BCUT2D eigenvalue weighted by Crippen LogP contribution is -2.31. The number of pyridine rings is 1. The van der Waals surface area contributed by atoms with E-state index in [2.05, 4.69) is 25.5 Å². The van der Waals surface area contributed by atoms with Gasteiger partial charge < -0.3 is 19.9 Å². The van der Waals surface area contributed by atoms with E-state index < -0.39 is 11.6 Å². The molecule has 0 spiro atoms. The molecule has 10 heteroatoms. The van der Waals surface area contributed by atoms with E-state index in [9.17, 15) is 13.6 Å². The molecule has 0 unspecified atom stereocenters. The van der Waals surface area contributed by atoms with Crippen LogP contribution in [0, 0.1) is 11.6 Å². The van der Waals surface area contributed by atoms with Crippen molar-refractivity contribution in [3.8, 4) is 11.5 Å². The summed E-state index contributed by atoms with van der Waals surface area (Å²) in [6.45, 7) is 5.93. The van der Waals surface area contributed by atoms with E-state index in [0.29, 0.717) is 40.9 Å². The monoisotopic (exact) mass is 520 g/mol. The Bertz CT molecular complexity index is 1480. The van der Waals surface area contributed by atoms with Crippen molar-refractivity contribution in [2.24, 2.45) is 7.05 Å². The second kappa shape index (κ2) is 10.7. The minimum absolute atomic E-state index is 0.0941. The van der Waals surface area contributed by atoms with Crippen LogP contribution in [0.5, 0.6) is 11.5 Å². The SMILES string of the molecule is CC(C)c1cc(Nc2nc3cc(Oc4ccnc(NC(=O)CN5CCCC5)c4)ccc3n2C)c(F)cc1F. The topological polar surface area (TPSA) is 84.3 Å². The van der Waals surface area contributed by atoms with Crippen LogP contribution >= 0.6 is 0 Å². The number of ether oxygens (including phenoxy) is 1. The third-order valence-electron chi connectivity index (χ3n) is 6.61. The summed E-state index contributed by atoms with van der Waals surface area (Å²) in [4.78, 5) is 23.3. The van der Waals surface area contributed by atoms with Crippen LogP contribution in [0.3, 0.4) is 0 Å². The number of likely N-dealkylation sites (tertiary alicyclic amines) is 1. The molecule has 0 aliphatic carbocycles. The molecule has 0 atom stereocenters. The number of fused-ring (bicyclic) bond motifs is 1. The molecule has 2 aromatic heterocycles. The summed E-state index contributed by atoms with van der Waals surface area (Å²) in [5.41, 5.74) is 2.01. The number of nitrogens with zero attached hydrogens (tertiary/aromatic N) is 4. The predicted molar refractivity (Wildman–Crippen MR) is 143 cm³/mol. The van der Waals surface area contributed by atoms with E-state index in [1.54, 1.807) is 35.0 Å². The summed E-state index contributed by atoms with van der Waals surface area (Å²) in [6.07, 6.45) is 3.81. The Labute approximate surface area is 219 Å². The molecule has 3 heterocycles. The first-order chi connectivity index (χ1) is 18.3. The molecule has 5 rings (SSSR count). The maximum absolute atomic E-state index is 14.5. The molecule has 0 saturated carbocycles. The average molecular weight is 521 g/mol. The highest BCUT2D eigenvalue weighted by atomic mass is 19.1. The number of aryl methyl sites for hydroxylation is 1. The van der Waals surface area contributed by atoms with Gasteiger partial charge in [0.1, 0.15) is 29.0 Å². The highest BCUT2D eigenvalue weighted by Gasteiger charge is 2.17. The Morgan fingerprint density at radius 3 is 2.58 bits per heavy atom. The first kappa shape index (κ1) is 25.6. The molecule has 1 saturated heterocycles. The van der Waals surface area contributed by atoms with Gasteiger partial charge in [0, 0.05) is 31.4 Å². The predicted octanol–water partition coefficient (Wildman–Crippen LogP) is 5.94. The lowest BCUT2D eigenvalue weighted by molar-refractivity contribution is -0.117. The van der Waals surface area contributed by atoms with Gasteiger partial charge in [-0.25, -0.2) is 18.7 Å². The van der Waals surface area contributed by atoms with Gasteiger partial charge >= 0.3 is 0 Å². The zero-order chi connectivity index (χ0) is 26.8. The number of benzene rings is 2. The molecule has 0 radical (unpaired) electrons. The normalized spacial score (nSPS) is 13.8. The smallest absolute Gasteiger partial charge is 0.239 e. The molecule has 1 aliphatic heterocycles. The number of imidazole rings is 1. The van der Waals surface area contributed by atoms with E-state index in [-0.39, 0.29) is 17.5 Å². The van der Waals surface area contributed by atoms with Gasteiger partial charge in [-0.05, 0) is 61.7 Å². The second-order valence-electron chi connectivity index (χ2n) is 9.79. The number of hydrogen-bond acceptors (Lipinski definition) is 6. The number of carbonyl (C=O) groups excluding carboxylic acids is 1. The van der Waals surface area contributed by atoms with Gasteiger partial charge in [0.2, 0.25) is 11.9 Å². The van der Waals surface area contributed by atoms with Crippen molar-refractivity contribution in [3.63, 3.8) is 0 Å². The van der Waals surface area contributed by atoms with Crippen LogP contribution in [0.1, 0.15) is 38.2 Å². The highest BCUT2D eigenvalue weighted by molar-refractivity contribution is 5.91. The summed E-state index contributed by atoms with van der Waals surface area (Å²) in [5, 5.41) is 5.82. The zero-order valence-electron chi connectivity index (χ0n) is 21.6. The third-order valence-corrected chi connectivity index (χ3v) is 6.61. The maximum Gasteiger partial charge on any atom is 0.239 e. The van der Waals surface area contributed by atoms with Crippen molar-refractivity contribution < 1.29 is 18.3 Å². The molecule has 198 valence electrons. The van der Waals surface area contributed by atoms with Crippen LogP contribution < -0.4 is 15.4 Å². The Balaban J connectivity index is 1.31. The lowest BCUT2D eigenvalue weighted by atomic mass is 10.0. The molecule has 8 nitrogen and oxygen atoms in total. The van der Waals surface area contributed by atoms with Crippen LogP contribution in [0.4, 0.5) is 26.2 Å². The average Bonchev–Trinajstić information content (AvgIpc) is 3.48. The molecule has 0 bridgehead atoms. The van der Waals surface area contributed by atoms with E-state index in [1.165, 1.54) is 6.07 Å². The molecular formula is C28H30F2N6O2. The van der Waals surface area contributed by atoms with Gasteiger partial charge in [-0.3, -0.25) is 9.69 Å². The molecular weight excluding hydrogens is 490 g/mol. The molecule has 1 aliphatic rings. The number of carbonyl (C=O) groups is 1. The fraction of sp³-hybridized carbons (Fsp3) is 0.321. The summed E-state index contributed by atoms with van der Waals surface area (Å²) in [5.74, 6) is 0.415. The molecule has 2 N–H and O–H groups in total. The maximum atomic E-state index is 14.5. The van der Waals surface area contributed by atoms with E-state index in [4.69, 9.17) is 4.74 Å². The van der Waals surface area contributed by atoms with Gasteiger partial charge in [-0.15, -0.1) is 0 Å². The standard InChI is InChI=1S/C28H30F2N6O2/c1-17(2)20-14-23(22(30)15-21(20)29)32-28-33-24-12-18(6-7-25(24)35(28)3)38-19-8-9-31-26(13-19)34-27(37)16-36-10-4-5-11-36/h6-9,12-15,17H,4-5,10-11,16H2,1-3H3,(H,32,33)(H,31,34,37). The first-order valence-corrected chi connectivity index (χ1v) is 12.7. The second-order valence-corrected chi connectivity index (χ2v) is 9.79. The number of aromatic nitrogens is 3. The van der Waals surface area contributed by atoms with Gasteiger partial charge in [0.05, 0.1) is 23.3 Å². The minimum Gasteiger partial charge on any atom is -0.457 e.